The quantitative estimate of drug-likeness (QED) is 0.634. The van der Waals surface area contributed by atoms with Gasteiger partial charge in [0.2, 0.25) is 0 Å². The van der Waals surface area contributed by atoms with Crippen LogP contribution in [0.15, 0.2) is 12.1 Å². The number of likely N-dealkylation sites (N-methyl/N-ethyl adjacent to an activating group) is 1. The first-order valence-corrected chi connectivity index (χ1v) is 5.07. The minimum atomic E-state index is 1.14. The van der Waals surface area contributed by atoms with Crippen LogP contribution < -0.4 is 4.90 Å². The Labute approximate surface area is 80.4 Å². The minimum Gasteiger partial charge on any atom is -0.371 e. The van der Waals surface area contributed by atoms with Gasteiger partial charge in [-0.15, -0.1) is 0 Å². The highest BCUT2D eigenvalue weighted by molar-refractivity contribution is 5.63. The molecule has 1 aliphatic rings. The summed E-state index contributed by atoms with van der Waals surface area (Å²) in [6.45, 7) is 8.98. The lowest BCUT2D eigenvalue weighted by Crippen LogP contribution is -2.19. The zero-order chi connectivity index (χ0) is 9.42. The molecule has 0 bridgehead atoms. The molecular weight excluding hydrogens is 158 g/mol. The van der Waals surface area contributed by atoms with Crippen LogP contribution in [0.25, 0.3) is 0 Å². The summed E-state index contributed by atoms with van der Waals surface area (Å²) < 4.78 is 0. The molecule has 0 atom stereocenters. The lowest BCUT2D eigenvalue weighted by Gasteiger charge is -2.19. The van der Waals surface area contributed by atoms with Gasteiger partial charge in [0.05, 0.1) is 0 Å². The molecule has 0 fully saturated rings. The number of aryl methyl sites for hydroxylation is 2. The maximum absolute atomic E-state index is 2.48. The van der Waals surface area contributed by atoms with Crippen molar-refractivity contribution in [2.75, 3.05) is 18.0 Å². The number of hydrogen-bond acceptors (Lipinski definition) is 1. The predicted molar refractivity (Wildman–Crippen MR) is 57.5 cm³/mol. The largest absolute Gasteiger partial charge is 0.371 e. The van der Waals surface area contributed by atoms with Crippen LogP contribution in [0.4, 0.5) is 5.69 Å². The Morgan fingerprint density at radius 3 is 2.77 bits per heavy atom. The molecular formula is C12H17N. The van der Waals surface area contributed by atoms with Crippen LogP contribution in [0, 0.1) is 13.8 Å². The van der Waals surface area contributed by atoms with Crippen molar-refractivity contribution in [3.05, 3.63) is 28.8 Å². The summed E-state index contributed by atoms with van der Waals surface area (Å²) in [6, 6.07) is 4.62. The fraction of sp³-hybridized carbons (Fsp3) is 0.500. The Hall–Kier alpha value is -0.980. The van der Waals surface area contributed by atoms with Crippen molar-refractivity contribution in [2.45, 2.75) is 27.2 Å². The van der Waals surface area contributed by atoms with Gasteiger partial charge in [0.25, 0.3) is 0 Å². The number of benzene rings is 1. The van der Waals surface area contributed by atoms with E-state index in [1.807, 2.05) is 0 Å². The molecule has 1 heterocycles. The summed E-state index contributed by atoms with van der Waals surface area (Å²) in [7, 11) is 0. The van der Waals surface area contributed by atoms with Crippen LogP contribution in [-0.2, 0) is 6.42 Å². The van der Waals surface area contributed by atoms with Crippen LogP contribution in [0.5, 0.6) is 0 Å². The van der Waals surface area contributed by atoms with E-state index >= 15 is 0 Å². The van der Waals surface area contributed by atoms with Crippen LogP contribution in [0.1, 0.15) is 23.6 Å². The topological polar surface area (TPSA) is 3.24 Å². The van der Waals surface area contributed by atoms with E-state index in [2.05, 4.69) is 37.8 Å². The lowest BCUT2D eigenvalue weighted by atomic mass is 10.0. The number of nitrogens with zero attached hydrogens (tertiary/aromatic N) is 1. The number of hydrogen-bond donors (Lipinski definition) is 0. The van der Waals surface area contributed by atoms with Gasteiger partial charge in [0.1, 0.15) is 0 Å². The molecule has 2 rings (SSSR count). The highest BCUT2D eigenvalue weighted by Gasteiger charge is 2.19. The van der Waals surface area contributed by atoms with Crippen molar-refractivity contribution in [1.82, 2.24) is 0 Å². The Morgan fingerprint density at radius 1 is 1.31 bits per heavy atom. The van der Waals surface area contributed by atoms with Gasteiger partial charge in [0.15, 0.2) is 0 Å². The van der Waals surface area contributed by atoms with E-state index in [1.54, 1.807) is 5.56 Å². The molecule has 0 N–H and O–H groups in total. The van der Waals surface area contributed by atoms with E-state index < -0.39 is 0 Å². The summed E-state index contributed by atoms with van der Waals surface area (Å²) in [5, 5.41) is 0. The second kappa shape index (κ2) is 3.06. The van der Waals surface area contributed by atoms with Gasteiger partial charge in [-0.3, -0.25) is 0 Å². The normalized spacial score (nSPS) is 14.8. The summed E-state index contributed by atoms with van der Waals surface area (Å²) in [6.07, 6.45) is 1.23. The molecule has 13 heavy (non-hydrogen) atoms. The molecule has 1 aromatic rings. The maximum Gasteiger partial charge on any atom is 0.0429 e. The molecule has 0 aromatic heterocycles. The van der Waals surface area contributed by atoms with Gasteiger partial charge >= 0.3 is 0 Å². The van der Waals surface area contributed by atoms with Crippen molar-refractivity contribution in [1.29, 1.82) is 0 Å². The predicted octanol–water partition coefficient (Wildman–Crippen LogP) is 2.69. The van der Waals surface area contributed by atoms with E-state index in [4.69, 9.17) is 0 Å². The highest BCUT2D eigenvalue weighted by atomic mass is 15.1. The van der Waals surface area contributed by atoms with Crippen LogP contribution >= 0.6 is 0 Å². The van der Waals surface area contributed by atoms with Crippen molar-refractivity contribution in [3.8, 4) is 0 Å². The molecule has 0 saturated heterocycles. The van der Waals surface area contributed by atoms with E-state index in [0.717, 1.165) is 6.54 Å². The summed E-state index contributed by atoms with van der Waals surface area (Å²) in [5.74, 6) is 0. The standard InChI is InChI=1S/C12H17N/c1-4-13-6-5-11-8-9(2)7-10(3)12(11)13/h7-8H,4-6H2,1-3H3. The van der Waals surface area contributed by atoms with Gasteiger partial charge in [-0.1, -0.05) is 17.7 Å². The third-order valence-corrected chi connectivity index (χ3v) is 2.87. The van der Waals surface area contributed by atoms with Crippen molar-refractivity contribution < 1.29 is 0 Å². The number of fused-ring (bicyclic) bond motifs is 1. The molecule has 0 unspecified atom stereocenters. The van der Waals surface area contributed by atoms with E-state index in [1.165, 1.54) is 29.8 Å². The Kier molecular flexibility index (Phi) is 2.03. The molecule has 0 amide bonds. The Balaban J connectivity index is 2.51. The lowest BCUT2D eigenvalue weighted by molar-refractivity contribution is 0.866. The van der Waals surface area contributed by atoms with Gasteiger partial charge in [-0.2, -0.15) is 0 Å². The SMILES string of the molecule is CCN1CCc2cc(C)cc(C)c21. The van der Waals surface area contributed by atoms with Gasteiger partial charge < -0.3 is 4.90 Å². The zero-order valence-electron chi connectivity index (χ0n) is 8.72. The first-order valence-electron chi connectivity index (χ1n) is 5.07. The molecule has 0 spiro atoms. The molecule has 0 radical (unpaired) electrons. The molecule has 1 nitrogen and oxygen atoms in total. The molecule has 70 valence electrons. The summed E-state index contributed by atoms with van der Waals surface area (Å²) in [4.78, 5) is 2.48. The van der Waals surface area contributed by atoms with Crippen molar-refractivity contribution >= 4 is 5.69 Å². The van der Waals surface area contributed by atoms with Crippen molar-refractivity contribution in [2.24, 2.45) is 0 Å². The average Bonchev–Trinajstić information content (AvgIpc) is 2.47. The van der Waals surface area contributed by atoms with Crippen LogP contribution in [0.3, 0.4) is 0 Å². The fourth-order valence-corrected chi connectivity index (χ4v) is 2.37. The molecule has 1 aliphatic heterocycles. The molecule has 1 heteroatoms. The van der Waals surface area contributed by atoms with Crippen LogP contribution in [0.2, 0.25) is 0 Å². The number of rotatable bonds is 1. The second-order valence-corrected chi connectivity index (χ2v) is 3.92. The van der Waals surface area contributed by atoms with Gasteiger partial charge in [-0.05, 0) is 38.3 Å². The Bertz CT molecular complexity index is 328. The smallest absolute Gasteiger partial charge is 0.0429 e. The maximum atomic E-state index is 2.48. The third kappa shape index (κ3) is 1.32. The minimum absolute atomic E-state index is 1.14. The van der Waals surface area contributed by atoms with Gasteiger partial charge in [-0.25, -0.2) is 0 Å². The Morgan fingerprint density at radius 2 is 2.08 bits per heavy atom. The first kappa shape index (κ1) is 8.61. The van der Waals surface area contributed by atoms with Gasteiger partial charge in [0, 0.05) is 18.8 Å². The number of anilines is 1. The summed E-state index contributed by atoms with van der Waals surface area (Å²) >= 11 is 0. The second-order valence-electron chi connectivity index (χ2n) is 3.92. The molecule has 0 saturated carbocycles. The van der Waals surface area contributed by atoms with E-state index in [-0.39, 0.29) is 0 Å². The average molecular weight is 175 g/mol. The third-order valence-electron chi connectivity index (χ3n) is 2.87. The molecule has 1 aromatic carbocycles. The highest BCUT2D eigenvalue weighted by Crippen LogP contribution is 2.32. The van der Waals surface area contributed by atoms with E-state index in [0.29, 0.717) is 0 Å². The van der Waals surface area contributed by atoms with Crippen molar-refractivity contribution in [3.63, 3.8) is 0 Å². The zero-order valence-corrected chi connectivity index (χ0v) is 8.72. The van der Waals surface area contributed by atoms with E-state index in [9.17, 15) is 0 Å². The summed E-state index contributed by atoms with van der Waals surface area (Å²) in [5.41, 5.74) is 5.87. The van der Waals surface area contributed by atoms with Crippen LogP contribution in [-0.4, -0.2) is 13.1 Å². The monoisotopic (exact) mass is 175 g/mol. The first-order chi connectivity index (χ1) is 6.22. The molecule has 0 aliphatic carbocycles. The fourth-order valence-electron chi connectivity index (χ4n) is 2.37.